The molecule has 62 valence electrons. The number of carboxylic acids is 1. The van der Waals surface area contributed by atoms with Crippen LogP contribution in [0.25, 0.3) is 0 Å². The van der Waals surface area contributed by atoms with Gasteiger partial charge in [-0.3, -0.25) is 10.2 Å². The minimum absolute atomic E-state index is 0.0148. The summed E-state index contributed by atoms with van der Waals surface area (Å²) in [6.45, 7) is 0. The van der Waals surface area contributed by atoms with Crippen molar-refractivity contribution in [2.45, 2.75) is 18.1 Å². The van der Waals surface area contributed by atoms with Crippen molar-refractivity contribution in [2.75, 3.05) is 0 Å². The van der Waals surface area contributed by atoms with Crippen molar-refractivity contribution < 1.29 is 9.90 Å². The summed E-state index contributed by atoms with van der Waals surface area (Å²) in [4.78, 5) is 10.4. The number of nitrogens with one attached hydrogen (secondary N) is 1. The van der Waals surface area contributed by atoms with Crippen molar-refractivity contribution in [3.63, 3.8) is 0 Å². The first kappa shape index (κ1) is 8.39. The molecular weight excluding hydrogens is 164 g/mol. The molecule has 5 heteroatoms. The van der Waals surface area contributed by atoms with E-state index in [4.69, 9.17) is 16.2 Å². The lowest BCUT2D eigenvalue weighted by Gasteiger charge is -2.31. The fourth-order valence-corrected chi connectivity index (χ4v) is 2.05. The molecule has 4 N–H and O–H groups in total. The first-order chi connectivity index (χ1) is 5.11. The van der Waals surface area contributed by atoms with Crippen LogP contribution in [0.2, 0.25) is 0 Å². The van der Waals surface area contributed by atoms with Crippen molar-refractivity contribution in [1.29, 1.82) is 5.41 Å². The van der Waals surface area contributed by atoms with Crippen molar-refractivity contribution in [3.8, 4) is 0 Å². The first-order valence-electron chi connectivity index (χ1n) is 3.34. The fraction of sp³-hybridized carbons (Fsp3) is 0.667. The Morgan fingerprint density at radius 1 is 1.64 bits per heavy atom. The maximum atomic E-state index is 10.4. The molecule has 0 aromatic rings. The average molecular weight is 174 g/mol. The molecule has 2 atom stereocenters. The number of carboxylic acid groups (broad SMARTS) is 1. The van der Waals surface area contributed by atoms with Gasteiger partial charge >= 0.3 is 5.97 Å². The third-order valence-corrected chi connectivity index (χ3v) is 2.93. The summed E-state index contributed by atoms with van der Waals surface area (Å²) in [6, 6.07) is 0. The molecule has 4 nitrogen and oxygen atoms in total. The second-order valence-electron chi connectivity index (χ2n) is 2.54. The van der Waals surface area contributed by atoms with Gasteiger partial charge in [0.25, 0.3) is 0 Å². The molecular formula is C6H10N2O2S. The quantitative estimate of drug-likeness (QED) is 0.419. The monoisotopic (exact) mass is 174 g/mol. The van der Waals surface area contributed by atoms with Crippen LogP contribution in [0.1, 0.15) is 12.8 Å². The van der Waals surface area contributed by atoms with Gasteiger partial charge in [-0.15, -0.1) is 0 Å². The lowest BCUT2D eigenvalue weighted by Crippen LogP contribution is -2.36. The number of hydrogen-bond donors (Lipinski definition) is 3. The second kappa shape index (κ2) is 3.13. The summed E-state index contributed by atoms with van der Waals surface area (Å²) in [5.74, 6) is -1.06. The van der Waals surface area contributed by atoms with Crippen molar-refractivity contribution >= 4 is 22.9 Å². The van der Waals surface area contributed by atoms with Crippen LogP contribution in [0, 0.1) is 11.3 Å². The Morgan fingerprint density at radius 3 is 2.55 bits per heavy atom. The van der Waals surface area contributed by atoms with E-state index < -0.39 is 5.97 Å². The van der Waals surface area contributed by atoms with E-state index in [0.717, 1.165) is 24.6 Å². The van der Waals surface area contributed by atoms with Gasteiger partial charge in [0.05, 0.1) is 5.92 Å². The Bertz CT molecular complexity index is 195. The van der Waals surface area contributed by atoms with E-state index in [-0.39, 0.29) is 16.3 Å². The molecule has 1 rings (SSSR count). The molecule has 1 saturated carbocycles. The predicted octanol–water partition coefficient (Wildman–Crippen LogP) is 0.476. The lowest BCUT2D eigenvalue weighted by molar-refractivity contribution is -0.144. The van der Waals surface area contributed by atoms with Gasteiger partial charge in [-0.05, 0) is 12.8 Å². The molecule has 0 spiro atoms. The van der Waals surface area contributed by atoms with Gasteiger partial charge in [0, 0.05) is 5.25 Å². The number of nitrogens with two attached hydrogens (primary N) is 1. The van der Waals surface area contributed by atoms with Crippen LogP contribution >= 0.6 is 11.8 Å². The molecule has 0 radical (unpaired) electrons. The molecule has 1 aliphatic carbocycles. The van der Waals surface area contributed by atoms with Gasteiger partial charge in [0.15, 0.2) is 5.17 Å². The molecule has 0 aliphatic heterocycles. The van der Waals surface area contributed by atoms with Gasteiger partial charge in [-0.2, -0.15) is 0 Å². The van der Waals surface area contributed by atoms with Crippen LogP contribution in [0.15, 0.2) is 0 Å². The highest BCUT2D eigenvalue weighted by atomic mass is 32.2. The van der Waals surface area contributed by atoms with Crippen LogP contribution in [0.4, 0.5) is 0 Å². The number of thioether (sulfide) groups is 1. The zero-order valence-corrected chi connectivity index (χ0v) is 6.73. The average Bonchev–Trinajstić information content (AvgIpc) is 1.78. The molecule has 0 bridgehead atoms. The van der Waals surface area contributed by atoms with Crippen LogP contribution in [0.5, 0.6) is 0 Å². The first-order valence-corrected chi connectivity index (χ1v) is 4.22. The van der Waals surface area contributed by atoms with Crippen molar-refractivity contribution in [1.82, 2.24) is 0 Å². The van der Waals surface area contributed by atoms with Gasteiger partial charge in [0.2, 0.25) is 0 Å². The van der Waals surface area contributed by atoms with E-state index >= 15 is 0 Å². The van der Waals surface area contributed by atoms with Crippen molar-refractivity contribution in [3.05, 3.63) is 0 Å². The smallest absolute Gasteiger partial charge is 0.307 e. The molecule has 1 fully saturated rings. The summed E-state index contributed by atoms with van der Waals surface area (Å²) in [7, 11) is 0. The summed E-state index contributed by atoms with van der Waals surface area (Å²) in [5, 5.41) is 15.6. The molecule has 0 aromatic heterocycles. The Hall–Kier alpha value is -0.710. The highest BCUT2D eigenvalue weighted by Gasteiger charge is 2.37. The van der Waals surface area contributed by atoms with Gasteiger partial charge in [-0.1, -0.05) is 11.8 Å². The van der Waals surface area contributed by atoms with Crippen LogP contribution < -0.4 is 5.73 Å². The minimum Gasteiger partial charge on any atom is -0.481 e. The van der Waals surface area contributed by atoms with E-state index in [0.29, 0.717) is 0 Å². The van der Waals surface area contributed by atoms with Crippen LogP contribution in [-0.2, 0) is 4.79 Å². The molecule has 0 unspecified atom stereocenters. The zero-order chi connectivity index (χ0) is 8.43. The summed E-state index contributed by atoms with van der Waals surface area (Å²) in [6.07, 6.45) is 1.58. The molecule has 0 saturated heterocycles. The molecule has 0 amide bonds. The van der Waals surface area contributed by atoms with E-state index in [2.05, 4.69) is 0 Å². The predicted molar refractivity (Wildman–Crippen MR) is 43.7 cm³/mol. The second-order valence-corrected chi connectivity index (χ2v) is 3.82. The zero-order valence-electron chi connectivity index (χ0n) is 5.91. The number of rotatable bonds is 2. The third-order valence-electron chi connectivity index (χ3n) is 1.81. The topological polar surface area (TPSA) is 87.2 Å². The summed E-state index contributed by atoms with van der Waals surface area (Å²) >= 11 is 1.16. The Morgan fingerprint density at radius 2 is 2.27 bits per heavy atom. The third kappa shape index (κ3) is 1.86. The lowest BCUT2D eigenvalue weighted by atomic mass is 9.85. The normalized spacial score (nSPS) is 29.1. The molecule has 1 aliphatic rings. The van der Waals surface area contributed by atoms with Crippen molar-refractivity contribution in [2.24, 2.45) is 11.7 Å². The SMILES string of the molecule is N=C(N)S[C@H]1CC[C@H]1C(=O)O. The van der Waals surface area contributed by atoms with Gasteiger partial charge < -0.3 is 10.8 Å². The Labute approximate surface area is 68.7 Å². The number of carbonyl (C=O) groups is 1. The van der Waals surface area contributed by atoms with E-state index in [9.17, 15) is 4.79 Å². The number of hydrogen-bond acceptors (Lipinski definition) is 3. The largest absolute Gasteiger partial charge is 0.481 e. The van der Waals surface area contributed by atoms with E-state index in [1.807, 2.05) is 0 Å². The fourth-order valence-electron chi connectivity index (χ4n) is 1.06. The highest BCUT2D eigenvalue weighted by Crippen LogP contribution is 2.37. The number of amidine groups is 1. The van der Waals surface area contributed by atoms with Gasteiger partial charge in [0.1, 0.15) is 0 Å². The summed E-state index contributed by atoms with van der Waals surface area (Å²) in [5.41, 5.74) is 5.12. The molecule has 11 heavy (non-hydrogen) atoms. The minimum atomic E-state index is -0.769. The number of aliphatic carboxylic acids is 1. The molecule has 0 heterocycles. The Balaban J connectivity index is 2.37. The Kier molecular flexibility index (Phi) is 2.38. The van der Waals surface area contributed by atoms with E-state index in [1.165, 1.54) is 0 Å². The molecule has 0 aromatic carbocycles. The highest BCUT2D eigenvalue weighted by molar-refractivity contribution is 8.14. The van der Waals surface area contributed by atoms with Gasteiger partial charge in [-0.25, -0.2) is 0 Å². The maximum Gasteiger partial charge on any atom is 0.307 e. The summed E-state index contributed by atoms with van der Waals surface area (Å²) < 4.78 is 0. The van der Waals surface area contributed by atoms with E-state index in [1.54, 1.807) is 0 Å². The standard InChI is InChI=1S/C6H10N2O2S/c7-6(8)11-4-2-1-3(4)5(9)10/h3-4H,1-2H2,(H3,7,8)(H,9,10)/t3-,4+/m1/s1. The van der Waals surface area contributed by atoms with Crippen LogP contribution in [-0.4, -0.2) is 21.5 Å². The van der Waals surface area contributed by atoms with Crippen LogP contribution in [0.3, 0.4) is 0 Å². The maximum absolute atomic E-state index is 10.4.